The molecule has 0 aliphatic carbocycles. The molecule has 0 radical (unpaired) electrons. The minimum atomic E-state index is 0.201. The fourth-order valence-corrected chi connectivity index (χ4v) is 9.81. The van der Waals surface area contributed by atoms with Gasteiger partial charge in [0.15, 0.2) is 0 Å². The Hall–Kier alpha value is -6.30. The summed E-state index contributed by atoms with van der Waals surface area (Å²) >= 11 is 1.89. The average molecular weight is 724 g/mol. The molecule has 3 unspecified atom stereocenters. The molecule has 4 heteroatoms. The summed E-state index contributed by atoms with van der Waals surface area (Å²) in [5, 5.41) is 10.2. The fourth-order valence-electron chi connectivity index (χ4n) is 8.57. The smallest absolute Gasteiger partial charge is 0.116 e. The first-order chi connectivity index (χ1) is 27.3. The first-order valence-electron chi connectivity index (χ1n) is 19.0. The zero-order valence-corrected chi connectivity index (χ0v) is 31.0. The highest BCUT2D eigenvalue weighted by Gasteiger charge is 2.45. The molecule has 262 valence electrons. The molecular formula is C51H37N3S. The predicted octanol–water partition coefficient (Wildman–Crippen LogP) is 13.4. The molecule has 1 saturated heterocycles. The molecule has 1 aliphatic heterocycles. The van der Waals surface area contributed by atoms with Gasteiger partial charge < -0.3 is 4.57 Å². The van der Waals surface area contributed by atoms with Crippen LogP contribution in [0.15, 0.2) is 194 Å². The van der Waals surface area contributed by atoms with Crippen molar-refractivity contribution in [3.63, 3.8) is 0 Å². The maximum atomic E-state index is 2.51. The van der Waals surface area contributed by atoms with Crippen LogP contribution in [0.2, 0.25) is 0 Å². The summed E-state index contributed by atoms with van der Waals surface area (Å²) in [6.45, 7) is 1.72. The van der Waals surface area contributed by atoms with Crippen molar-refractivity contribution in [1.29, 1.82) is 0 Å². The molecule has 3 heterocycles. The molecule has 3 nitrogen and oxygen atoms in total. The molecule has 8 aromatic carbocycles. The normalized spacial score (nSPS) is 16.7. The van der Waals surface area contributed by atoms with Gasteiger partial charge in [-0.1, -0.05) is 152 Å². The van der Waals surface area contributed by atoms with Crippen molar-refractivity contribution in [2.45, 2.75) is 19.3 Å². The van der Waals surface area contributed by atoms with E-state index in [1.807, 2.05) is 11.3 Å². The number of benzene rings is 8. The second-order valence-electron chi connectivity index (χ2n) is 14.6. The van der Waals surface area contributed by atoms with Gasteiger partial charge in [0.25, 0.3) is 0 Å². The largest absolute Gasteiger partial charge is 0.309 e. The predicted molar refractivity (Wildman–Crippen MR) is 231 cm³/mol. The first-order valence-corrected chi connectivity index (χ1v) is 19.8. The zero-order valence-electron chi connectivity index (χ0n) is 30.2. The lowest BCUT2D eigenvalue weighted by Crippen LogP contribution is -2.07. The average Bonchev–Trinajstić information content (AvgIpc) is 3.59. The Morgan fingerprint density at radius 1 is 0.418 bits per heavy atom. The van der Waals surface area contributed by atoms with Crippen LogP contribution in [0.1, 0.15) is 22.9 Å². The van der Waals surface area contributed by atoms with Crippen molar-refractivity contribution < 1.29 is 0 Å². The Morgan fingerprint density at radius 2 is 1.05 bits per heavy atom. The van der Waals surface area contributed by atoms with Gasteiger partial charge in [-0.15, -0.1) is 11.3 Å². The first kappa shape index (κ1) is 32.2. The molecule has 3 atom stereocenters. The summed E-state index contributed by atoms with van der Waals surface area (Å²) in [5.74, 6) is 0. The molecule has 1 fully saturated rings. The minimum Gasteiger partial charge on any atom is -0.309 e. The number of hydrazine groups is 1. The van der Waals surface area contributed by atoms with Gasteiger partial charge in [-0.2, -0.15) is 0 Å². The Balaban J connectivity index is 0.943. The number of fused-ring (bicyclic) bond motifs is 6. The number of aromatic nitrogens is 1. The van der Waals surface area contributed by atoms with Gasteiger partial charge in [-0.05, 0) is 81.4 Å². The molecule has 2 aromatic heterocycles. The number of para-hydroxylation sites is 1. The van der Waals surface area contributed by atoms with Crippen LogP contribution < -0.4 is 0 Å². The molecule has 11 rings (SSSR count). The van der Waals surface area contributed by atoms with Crippen LogP contribution in [0.4, 0.5) is 0 Å². The number of hydrogen-bond acceptors (Lipinski definition) is 3. The van der Waals surface area contributed by atoms with E-state index in [1.165, 1.54) is 86.6 Å². The van der Waals surface area contributed by atoms with Crippen molar-refractivity contribution in [3.05, 3.63) is 211 Å². The van der Waals surface area contributed by atoms with Gasteiger partial charge in [0.05, 0.1) is 11.0 Å². The van der Waals surface area contributed by atoms with E-state index in [4.69, 9.17) is 0 Å². The fraction of sp³-hybridized carbons (Fsp3) is 0.0588. The van der Waals surface area contributed by atoms with Crippen LogP contribution in [0, 0.1) is 0 Å². The van der Waals surface area contributed by atoms with E-state index in [0.29, 0.717) is 0 Å². The van der Waals surface area contributed by atoms with Crippen molar-refractivity contribution >= 4 is 53.3 Å². The van der Waals surface area contributed by atoms with Crippen LogP contribution in [-0.4, -0.2) is 14.6 Å². The van der Waals surface area contributed by atoms with Crippen molar-refractivity contribution in [2.75, 3.05) is 0 Å². The van der Waals surface area contributed by atoms with Crippen LogP contribution >= 0.6 is 11.3 Å². The summed E-state index contributed by atoms with van der Waals surface area (Å²) in [6, 6.07) is 71.1. The number of hydrogen-bond donors (Lipinski definition) is 0. The van der Waals surface area contributed by atoms with Crippen molar-refractivity contribution in [1.82, 2.24) is 14.6 Å². The third-order valence-corrected chi connectivity index (χ3v) is 12.5. The van der Waals surface area contributed by atoms with E-state index in [0.717, 1.165) is 13.1 Å². The van der Waals surface area contributed by atoms with Gasteiger partial charge in [0.2, 0.25) is 0 Å². The Labute approximate surface area is 324 Å². The molecule has 1 aliphatic rings. The van der Waals surface area contributed by atoms with E-state index in [1.54, 1.807) is 0 Å². The van der Waals surface area contributed by atoms with E-state index < -0.39 is 0 Å². The molecule has 0 bridgehead atoms. The summed E-state index contributed by atoms with van der Waals surface area (Å²) in [6.07, 6.45) is 0.201. The van der Waals surface area contributed by atoms with E-state index in [-0.39, 0.29) is 6.17 Å². The van der Waals surface area contributed by atoms with Gasteiger partial charge in [-0.25, -0.2) is 10.0 Å². The topological polar surface area (TPSA) is 10.9 Å². The monoisotopic (exact) mass is 723 g/mol. The Bertz CT molecular complexity index is 3000. The summed E-state index contributed by atoms with van der Waals surface area (Å²) < 4.78 is 5.11. The lowest BCUT2D eigenvalue weighted by Gasteiger charge is -2.10. The molecular weight excluding hydrogens is 687 g/mol. The zero-order chi connectivity index (χ0) is 36.3. The second-order valence-corrected chi connectivity index (χ2v) is 15.6. The molecule has 55 heavy (non-hydrogen) atoms. The highest BCUT2D eigenvalue weighted by Crippen LogP contribution is 2.45. The highest BCUT2D eigenvalue weighted by molar-refractivity contribution is 7.26. The Morgan fingerprint density at radius 3 is 1.89 bits per heavy atom. The SMILES string of the molecule is c1ccc(CN2C(c3ccc(-n4c5ccccc5c5cc(-c6cccc7c6sc6ccccc67)ccc54)cc3)N2Cc2cccc(-c3ccccc3)c2)cc1. The van der Waals surface area contributed by atoms with Gasteiger partial charge in [-0.3, -0.25) is 0 Å². The van der Waals surface area contributed by atoms with Crippen LogP contribution in [0.5, 0.6) is 0 Å². The van der Waals surface area contributed by atoms with Crippen molar-refractivity contribution in [3.8, 4) is 27.9 Å². The summed E-state index contributed by atoms with van der Waals surface area (Å²) in [7, 11) is 0. The molecule has 10 aromatic rings. The minimum absolute atomic E-state index is 0.201. The number of thiophene rings is 1. The quantitative estimate of drug-likeness (QED) is 0.145. The summed E-state index contributed by atoms with van der Waals surface area (Å²) in [4.78, 5) is 0. The summed E-state index contributed by atoms with van der Waals surface area (Å²) in [5.41, 5.74) is 12.6. The third-order valence-electron chi connectivity index (χ3n) is 11.2. The second kappa shape index (κ2) is 13.2. The van der Waals surface area contributed by atoms with Crippen molar-refractivity contribution in [2.24, 2.45) is 0 Å². The maximum absolute atomic E-state index is 2.51. The van der Waals surface area contributed by atoms with Crippen LogP contribution in [-0.2, 0) is 13.1 Å². The lowest BCUT2D eigenvalue weighted by molar-refractivity contribution is 0.293. The van der Waals surface area contributed by atoms with Crippen LogP contribution in [0.3, 0.4) is 0 Å². The molecule has 0 N–H and O–H groups in total. The van der Waals surface area contributed by atoms with E-state index >= 15 is 0 Å². The van der Waals surface area contributed by atoms with Gasteiger partial charge >= 0.3 is 0 Å². The standard InChI is InChI=1S/C51H37N3S/c1-3-13-35(14-4-1)33-52-51(53(52)34-36-15-11-18-39(31-36)37-16-5-2-6-17-37)38-25-28-41(29-26-38)54-47-23-9-7-19-43(47)46-32-40(27-30-48(46)54)42-21-12-22-45-44-20-8-10-24-49(44)55-50(42)45/h1-32,51H,33-34H2. The Kier molecular flexibility index (Phi) is 7.73. The van der Waals surface area contributed by atoms with E-state index in [2.05, 4.69) is 209 Å². The highest BCUT2D eigenvalue weighted by atomic mass is 32.1. The molecule has 0 amide bonds. The van der Waals surface area contributed by atoms with E-state index in [9.17, 15) is 0 Å². The van der Waals surface area contributed by atoms with Crippen LogP contribution in [0.25, 0.3) is 69.9 Å². The van der Waals surface area contributed by atoms with Gasteiger partial charge in [0.1, 0.15) is 6.17 Å². The maximum Gasteiger partial charge on any atom is 0.116 e. The molecule has 0 saturated carbocycles. The van der Waals surface area contributed by atoms with Gasteiger partial charge in [0, 0.05) is 49.7 Å². The third kappa shape index (κ3) is 5.66. The number of rotatable bonds is 8. The lowest BCUT2D eigenvalue weighted by atomic mass is 10.0. The molecule has 0 spiro atoms. The number of nitrogens with zero attached hydrogens (tertiary/aromatic N) is 3.